The van der Waals surface area contributed by atoms with Gasteiger partial charge in [-0.25, -0.2) is 0 Å². The first-order chi connectivity index (χ1) is 11.1. The van der Waals surface area contributed by atoms with Crippen molar-refractivity contribution in [1.82, 2.24) is 15.1 Å². The summed E-state index contributed by atoms with van der Waals surface area (Å²) in [6.07, 6.45) is 3.45. The van der Waals surface area contributed by atoms with Crippen LogP contribution < -0.4 is 0 Å². The van der Waals surface area contributed by atoms with Crippen LogP contribution in [0.5, 0.6) is 0 Å². The first-order valence-corrected chi connectivity index (χ1v) is 8.65. The van der Waals surface area contributed by atoms with E-state index in [1.54, 1.807) is 22.3 Å². The second kappa shape index (κ2) is 6.95. The molecule has 1 amide bonds. The lowest BCUT2D eigenvalue weighted by Crippen LogP contribution is -2.44. The van der Waals surface area contributed by atoms with Crippen LogP contribution in [-0.4, -0.2) is 44.7 Å². The molecular formula is C16H19N3O3S. The number of aliphatic carboxylic acids is 1. The molecule has 3 heterocycles. The third-order valence-electron chi connectivity index (χ3n) is 4.16. The molecule has 1 fully saturated rings. The van der Waals surface area contributed by atoms with Gasteiger partial charge >= 0.3 is 5.97 Å². The number of nitrogens with zero attached hydrogens (tertiary/aromatic N) is 2. The van der Waals surface area contributed by atoms with E-state index in [0.29, 0.717) is 18.7 Å². The first kappa shape index (κ1) is 15.7. The van der Waals surface area contributed by atoms with Crippen molar-refractivity contribution in [2.75, 3.05) is 6.54 Å². The van der Waals surface area contributed by atoms with Crippen molar-refractivity contribution in [2.24, 2.45) is 0 Å². The van der Waals surface area contributed by atoms with Crippen molar-refractivity contribution in [3.63, 3.8) is 0 Å². The quantitative estimate of drug-likeness (QED) is 0.880. The van der Waals surface area contributed by atoms with Crippen LogP contribution in [0.4, 0.5) is 0 Å². The lowest BCUT2D eigenvalue weighted by molar-refractivity contribution is -0.137. The van der Waals surface area contributed by atoms with Crippen LogP contribution in [0.2, 0.25) is 0 Å². The fraction of sp³-hybridized carbons (Fsp3) is 0.438. The molecule has 7 heteroatoms. The van der Waals surface area contributed by atoms with Gasteiger partial charge in [0.05, 0.1) is 10.6 Å². The Morgan fingerprint density at radius 2 is 2.30 bits per heavy atom. The highest BCUT2D eigenvalue weighted by atomic mass is 32.1. The molecule has 0 aromatic carbocycles. The van der Waals surface area contributed by atoms with E-state index in [4.69, 9.17) is 5.11 Å². The van der Waals surface area contributed by atoms with Crippen molar-refractivity contribution in [2.45, 2.75) is 38.1 Å². The van der Waals surface area contributed by atoms with Crippen molar-refractivity contribution in [3.05, 3.63) is 29.3 Å². The highest BCUT2D eigenvalue weighted by Gasteiger charge is 2.29. The average molecular weight is 333 g/mol. The molecule has 1 aliphatic rings. The van der Waals surface area contributed by atoms with Crippen LogP contribution >= 0.6 is 11.3 Å². The third kappa shape index (κ3) is 3.61. The molecule has 23 heavy (non-hydrogen) atoms. The Morgan fingerprint density at radius 1 is 1.43 bits per heavy atom. The van der Waals surface area contributed by atoms with E-state index < -0.39 is 5.97 Å². The van der Waals surface area contributed by atoms with E-state index in [1.165, 1.54) is 0 Å². The average Bonchev–Trinajstić information content (AvgIpc) is 3.23. The number of carboxylic acid groups (broad SMARTS) is 1. The molecule has 2 N–H and O–H groups in total. The summed E-state index contributed by atoms with van der Waals surface area (Å²) < 4.78 is 0. The number of carbonyl (C=O) groups excluding carboxylic acids is 1. The van der Waals surface area contributed by atoms with Gasteiger partial charge in [0.15, 0.2) is 5.69 Å². The van der Waals surface area contributed by atoms with Crippen LogP contribution in [0.3, 0.4) is 0 Å². The van der Waals surface area contributed by atoms with Crippen molar-refractivity contribution >= 4 is 23.2 Å². The molecule has 122 valence electrons. The minimum absolute atomic E-state index is 0.00534. The number of H-pyrrole nitrogens is 1. The van der Waals surface area contributed by atoms with E-state index in [0.717, 1.165) is 29.8 Å². The molecule has 0 saturated carbocycles. The number of hydrogen-bond donors (Lipinski definition) is 2. The van der Waals surface area contributed by atoms with Crippen molar-refractivity contribution < 1.29 is 14.7 Å². The normalized spacial score (nSPS) is 18.1. The fourth-order valence-electron chi connectivity index (χ4n) is 2.99. The summed E-state index contributed by atoms with van der Waals surface area (Å²) in [7, 11) is 0. The maximum atomic E-state index is 12.7. The molecule has 1 atom stereocenters. The highest BCUT2D eigenvalue weighted by Crippen LogP contribution is 2.26. The number of amides is 1. The van der Waals surface area contributed by atoms with E-state index in [2.05, 4.69) is 10.2 Å². The van der Waals surface area contributed by atoms with Crippen molar-refractivity contribution in [3.8, 4) is 10.6 Å². The maximum Gasteiger partial charge on any atom is 0.303 e. The minimum Gasteiger partial charge on any atom is -0.481 e. The van der Waals surface area contributed by atoms with Crippen LogP contribution in [0.25, 0.3) is 10.6 Å². The standard InChI is InChI=1S/C16H19N3O3S/c20-15(21)7-6-11-4-1-2-8-19(11)16(22)13-10-12(17-18-13)14-5-3-9-23-14/h3,5,9-11H,1-2,4,6-8H2,(H,17,18)(H,20,21). The van der Waals surface area contributed by atoms with Gasteiger partial charge in [-0.05, 0) is 43.2 Å². The number of piperidine rings is 1. The molecule has 1 unspecified atom stereocenters. The van der Waals surface area contributed by atoms with Gasteiger partial charge in [-0.2, -0.15) is 5.10 Å². The molecule has 0 spiro atoms. The number of thiophene rings is 1. The summed E-state index contributed by atoms with van der Waals surface area (Å²) in [6.45, 7) is 0.671. The van der Waals surface area contributed by atoms with Crippen LogP contribution in [0.1, 0.15) is 42.6 Å². The number of aromatic amines is 1. The predicted molar refractivity (Wildman–Crippen MR) is 87.4 cm³/mol. The SMILES string of the molecule is O=C(O)CCC1CCCCN1C(=O)c1cc(-c2cccs2)[nH]n1. The second-order valence-corrected chi connectivity index (χ2v) is 6.67. The summed E-state index contributed by atoms with van der Waals surface area (Å²) in [6, 6.07) is 5.70. The number of rotatable bonds is 5. The van der Waals surface area contributed by atoms with Gasteiger partial charge in [-0.3, -0.25) is 14.7 Å². The zero-order valence-electron chi connectivity index (χ0n) is 12.7. The zero-order chi connectivity index (χ0) is 16.2. The molecule has 0 bridgehead atoms. The van der Waals surface area contributed by atoms with Gasteiger partial charge in [0.25, 0.3) is 5.91 Å². The minimum atomic E-state index is -0.817. The van der Waals surface area contributed by atoms with Crippen LogP contribution in [0.15, 0.2) is 23.6 Å². The van der Waals surface area contributed by atoms with Gasteiger partial charge in [0.1, 0.15) is 0 Å². The monoisotopic (exact) mass is 333 g/mol. The summed E-state index contributed by atoms with van der Waals surface area (Å²) in [5, 5.41) is 17.9. The molecule has 0 radical (unpaired) electrons. The molecule has 1 aliphatic heterocycles. The molecule has 0 aliphatic carbocycles. The van der Waals surface area contributed by atoms with Gasteiger partial charge in [0, 0.05) is 19.0 Å². The molecule has 3 rings (SSSR count). The second-order valence-electron chi connectivity index (χ2n) is 5.72. The molecule has 6 nitrogen and oxygen atoms in total. The van der Waals surface area contributed by atoms with E-state index >= 15 is 0 Å². The smallest absolute Gasteiger partial charge is 0.303 e. The van der Waals surface area contributed by atoms with E-state index in [-0.39, 0.29) is 18.4 Å². The molecule has 2 aromatic rings. The number of hydrogen-bond acceptors (Lipinski definition) is 4. The lowest BCUT2D eigenvalue weighted by atomic mass is 9.97. The number of likely N-dealkylation sites (tertiary alicyclic amines) is 1. The van der Waals surface area contributed by atoms with E-state index in [1.807, 2.05) is 17.5 Å². The number of aromatic nitrogens is 2. The topological polar surface area (TPSA) is 86.3 Å². The lowest BCUT2D eigenvalue weighted by Gasteiger charge is -2.35. The largest absolute Gasteiger partial charge is 0.481 e. The maximum absolute atomic E-state index is 12.7. The number of carboxylic acids is 1. The first-order valence-electron chi connectivity index (χ1n) is 7.77. The predicted octanol–water partition coefficient (Wildman–Crippen LogP) is 3.00. The Kier molecular flexibility index (Phi) is 4.76. The van der Waals surface area contributed by atoms with Gasteiger partial charge < -0.3 is 10.0 Å². The summed E-state index contributed by atoms with van der Waals surface area (Å²) in [4.78, 5) is 26.4. The van der Waals surface area contributed by atoms with Crippen LogP contribution in [0, 0.1) is 0 Å². The highest BCUT2D eigenvalue weighted by molar-refractivity contribution is 7.13. The van der Waals surface area contributed by atoms with E-state index in [9.17, 15) is 9.59 Å². The van der Waals surface area contributed by atoms with Crippen molar-refractivity contribution in [1.29, 1.82) is 0 Å². The zero-order valence-corrected chi connectivity index (χ0v) is 13.5. The third-order valence-corrected chi connectivity index (χ3v) is 5.07. The van der Waals surface area contributed by atoms with Gasteiger partial charge in [-0.15, -0.1) is 11.3 Å². The molecular weight excluding hydrogens is 314 g/mol. The Morgan fingerprint density at radius 3 is 3.04 bits per heavy atom. The summed E-state index contributed by atoms with van der Waals surface area (Å²) in [5.41, 5.74) is 1.23. The fourth-order valence-corrected chi connectivity index (χ4v) is 3.69. The van der Waals surface area contributed by atoms with Gasteiger partial charge in [0.2, 0.25) is 0 Å². The Hall–Kier alpha value is -2.15. The Labute approximate surface area is 138 Å². The Bertz CT molecular complexity index is 681. The Balaban J connectivity index is 1.73. The summed E-state index contributed by atoms with van der Waals surface area (Å²) in [5.74, 6) is -0.929. The number of carbonyl (C=O) groups is 2. The number of nitrogens with one attached hydrogen (secondary N) is 1. The molecule has 2 aromatic heterocycles. The molecule has 1 saturated heterocycles. The van der Waals surface area contributed by atoms with Crippen LogP contribution in [-0.2, 0) is 4.79 Å². The summed E-state index contributed by atoms with van der Waals surface area (Å²) >= 11 is 1.59. The van der Waals surface area contributed by atoms with Gasteiger partial charge in [-0.1, -0.05) is 6.07 Å².